The lowest BCUT2D eigenvalue weighted by molar-refractivity contribution is -0.294. The topological polar surface area (TPSA) is 58.9 Å². The molecule has 176 valence electrons. The van der Waals surface area contributed by atoms with Crippen LogP contribution >= 0.6 is 0 Å². The molecule has 4 saturated carbocycles. The summed E-state index contributed by atoms with van der Waals surface area (Å²) in [6.07, 6.45) is 11.7. The molecule has 6 rings (SSSR count). The van der Waals surface area contributed by atoms with E-state index in [0.717, 1.165) is 49.4 Å². The van der Waals surface area contributed by atoms with Crippen LogP contribution in [0.5, 0.6) is 0 Å². The first-order valence-corrected chi connectivity index (χ1v) is 13.3. The minimum atomic E-state index is -0.710. The van der Waals surface area contributed by atoms with Gasteiger partial charge < -0.3 is 19.7 Å². The summed E-state index contributed by atoms with van der Waals surface area (Å²) in [5.41, 5.74) is 0.0839. The molecule has 0 amide bonds. The lowest BCUT2D eigenvalue weighted by atomic mass is 9.44. The first-order valence-electron chi connectivity index (χ1n) is 13.3. The molecule has 2 saturated heterocycles. The predicted molar refractivity (Wildman–Crippen MR) is 119 cm³/mol. The van der Waals surface area contributed by atoms with Crippen LogP contribution in [0.3, 0.4) is 0 Å². The Balaban J connectivity index is 1.25. The molecule has 4 heteroatoms. The van der Waals surface area contributed by atoms with Crippen molar-refractivity contribution in [2.75, 3.05) is 6.61 Å². The van der Waals surface area contributed by atoms with Crippen LogP contribution in [0.25, 0.3) is 0 Å². The molecule has 12 atom stereocenters. The van der Waals surface area contributed by atoms with Gasteiger partial charge in [-0.1, -0.05) is 20.8 Å². The van der Waals surface area contributed by atoms with Crippen LogP contribution in [0.2, 0.25) is 0 Å². The molecule has 2 N–H and O–H groups in total. The van der Waals surface area contributed by atoms with Crippen molar-refractivity contribution in [3.63, 3.8) is 0 Å². The molecule has 0 unspecified atom stereocenters. The second-order valence-corrected chi connectivity index (χ2v) is 13.4. The summed E-state index contributed by atoms with van der Waals surface area (Å²) in [5.74, 6) is 3.69. The zero-order valence-electron chi connectivity index (χ0n) is 20.1. The maximum atomic E-state index is 10.4. The van der Waals surface area contributed by atoms with Crippen LogP contribution in [-0.2, 0) is 9.47 Å². The first-order chi connectivity index (χ1) is 14.6. The van der Waals surface area contributed by atoms with Gasteiger partial charge in [-0.2, -0.15) is 0 Å². The van der Waals surface area contributed by atoms with Gasteiger partial charge in [0.05, 0.1) is 24.4 Å². The lowest BCUT2D eigenvalue weighted by Gasteiger charge is -2.61. The Labute approximate surface area is 188 Å². The average Bonchev–Trinajstić information content (AvgIpc) is 3.16. The van der Waals surface area contributed by atoms with Crippen LogP contribution in [0.15, 0.2) is 0 Å². The van der Waals surface area contributed by atoms with Gasteiger partial charge in [-0.3, -0.25) is 0 Å². The molecule has 0 aromatic rings. The van der Waals surface area contributed by atoms with Gasteiger partial charge in [0.15, 0.2) is 5.79 Å². The Morgan fingerprint density at radius 2 is 1.61 bits per heavy atom. The summed E-state index contributed by atoms with van der Waals surface area (Å²) >= 11 is 0. The zero-order chi connectivity index (χ0) is 21.8. The van der Waals surface area contributed by atoms with Gasteiger partial charge in [0, 0.05) is 12.3 Å². The Kier molecular flexibility index (Phi) is 4.62. The third-order valence-electron chi connectivity index (χ3n) is 11.9. The molecule has 31 heavy (non-hydrogen) atoms. The molecular formula is C27H44O4. The van der Waals surface area contributed by atoms with Crippen molar-refractivity contribution in [1.82, 2.24) is 0 Å². The van der Waals surface area contributed by atoms with E-state index in [1.807, 2.05) is 6.92 Å². The first kappa shape index (κ1) is 21.4. The second-order valence-electron chi connectivity index (χ2n) is 13.4. The third kappa shape index (κ3) is 2.87. The maximum absolute atomic E-state index is 10.4. The summed E-state index contributed by atoms with van der Waals surface area (Å²) in [6, 6.07) is 0. The maximum Gasteiger partial charge on any atom is 0.171 e. The Morgan fingerprint density at radius 1 is 0.839 bits per heavy atom. The number of hydrogen-bond donors (Lipinski definition) is 2. The second kappa shape index (κ2) is 6.71. The fourth-order valence-corrected chi connectivity index (χ4v) is 10.2. The number of hydrogen-bond acceptors (Lipinski definition) is 4. The number of ether oxygens (including phenoxy) is 2. The predicted octanol–water partition coefficient (Wildman–Crippen LogP) is 4.91. The highest BCUT2D eigenvalue weighted by molar-refractivity contribution is 5.15. The fraction of sp³-hybridized carbons (Fsp3) is 1.00. The quantitative estimate of drug-likeness (QED) is 0.571. The number of aliphatic hydroxyl groups excluding tert-OH is 1. The van der Waals surface area contributed by atoms with Crippen LogP contribution in [0.4, 0.5) is 0 Å². The van der Waals surface area contributed by atoms with E-state index in [0.29, 0.717) is 35.4 Å². The van der Waals surface area contributed by atoms with E-state index >= 15 is 0 Å². The van der Waals surface area contributed by atoms with Gasteiger partial charge in [-0.25, -0.2) is 0 Å². The average molecular weight is 433 g/mol. The molecular weight excluding hydrogens is 388 g/mol. The minimum Gasteiger partial charge on any atom is -0.393 e. The smallest absolute Gasteiger partial charge is 0.171 e. The molecule has 6 aliphatic rings. The molecule has 0 bridgehead atoms. The van der Waals surface area contributed by atoms with Crippen molar-refractivity contribution in [3.05, 3.63) is 0 Å². The minimum absolute atomic E-state index is 0.0592. The molecule has 0 aromatic heterocycles. The zero-order valence-corrected chi connectivity index (χ0v) is 20.1. The third-order valence-corrected chi connectivity index (χ3v) is 11.9. The van der Waals surface area contributed by atoms with E-state index in [-0.39, 0.29) is 6.10 Å². The molecule has 0 aromatic carbocycles. The summed E-state index contributed by atoms with van der Waals surface area (Å²) in [6.45, 7) is 9.84. The highest BCUT2D eigenvalue weighted by atomic mass is 16.7. The van der Waals surface area contributed by atoms with E-state index in [2.05, 4.69) is 20.8 Å². The summed E-state index contributed by atoms with van der Waals surface area (Å²) in [7, 11) is 0. The summed E-state index contributed by atoms with van der Waals surface area (Å²) in [5, 5.41) is 20.7. The van der Waals surface area contributed by atoms with Gasteiger partial charge in [0.25, 0.3) is 0 Å². The Hall–Kier alpha value is -0.160. The fourth-order valence-electron chi connectivity index (χ4n) is 10.2. The van der Waals surface area contributed by atoms with Crippen molar-refractivity contribution >= 4 is 0 Å². The van der Waals surface area contributed by atoms with Crippen LogP contribution < -0.4 is 0 Å². The molecule has 2 heterocycles. The molecule has 1 spiro atoms. The van der Waals surface area contributed by atoms with Gasteiger partial charge in [-0.05, 0) is 105 Å². The Morgan fingerprint density at radius 3 is 2.35 bits per heavy atom. The molecule has 2 aliphatic heterocycles. The number of rotatable bonds is 0. The highest BCUT2D eigenvalue weighted by Crippen LogP contribution is 2.71. The van der Waals surface area contributed by atoms with Crippen molar-refractivity contribution in [2.24, 2.45) is 46.3 Å². The van der Waals surface area contributed by atoms with E-state index in [9.17, 15) is 10.2 Å². The standard InChI is InChI=1S/C27H44O4/c1-16-23-22(31-27(16)12-11-24(2,29)15-30-27)14-21-19-6-5-17-13-18(28)7-9-25(17,3)20(19)8-10-26(21,23)4/h16-23,28-29H,5-15H2,1-4H3/t16-,17+,18+,19+,20-,21-,22-,23-,24-,25-,26-,27+/m0/s1. The SMILES string of the molecule is C[C@H]1[C@H]2[C@H](C[C@H]3[C@@H]4CC[C@@H]5C[C@H](O)CC[C@]5(C)[C@H]4CC[C@]23C)O[C@]12CC[C@](C)(O)CO2. The van der Waals surface area contributed by atoms with E-state index in [1.165, 1.54) is 38.5 Å². The van der Waals surface area contributed by atoms with E-state index in [4.69, 9.17) is 9.47 Å². The molecule has 0 radical (unpaired) electrons. The number of fused-ring (bicyclic) bond motifs is 7. The van der Waals surface area contributed by atoms with Crippen LogP contribution in [-0.4, -0.2) is 40.4 Å². The normalized spacial score (nSPS) is 63.3. The van der Waals surface area contributed by atoms with Crippen molar-refractivity contribution in [3.8, 4) is 0 Å². The summed E-state index contributed by atoms with van der Waals surface area (Å²) in [4.78, 5) is 0. The van der Waals surface area contributed by atoms with Gasteiger partial charge in [-0.15, -0.1) is 0 Å². The largest absolute Gasteiger partial charge is 0.393 e. The van der Waals surface area contributed by atoms with Crippen LogP contribution in [0.1, 0.15) is 91.9 Å². The lowest BCUT2D eigenvalue weighted by Crippen LogP contribution is -2.55. The van der Waals surface area contributed by atoms with Gasteiger partial charge in [0.2, 0.25) is 0 Å². The Bertz CT molecular complexity index is 725. The molecule has 4 aliphatic carbocycles. The van der Waals surface area contributed by atoms with Gasteiger partial charge >= 0.3 is 0 Å². The van der Waals surface area contributed by atoms with E-state index < -0.39 is 11.4 Å². The van der Waals surface area contributed by atoms with Gasteiger partial charge in [0.1, 0.15) is 0 Å². The molecule has 4 nitrogen and oxygen atoms in total. The van der Waals surface area contributed by atoms with Crippen molar-refractivity contribution in [1.29, 1.82) is 0 Å². The number of aliphatic hydroxyl groups is 2. The monoisotopic (exact) mass is 432 g/mol. The van der Waals surface area contributed by atoms with E-state index in [1.54, 1.807) is 0 Å². The molecule has 6 fully saturated rings. The van der Waals surface area contributed by atoms with Crippen molar-refractivity contribution < 1.29 is 19.7 Å². The summed E-state index contributed by atoms with van der Waals surface area (Å²) < 4.78 is 13.2. The highest BCUT2D eigenvalue weighted by Gasteiger charge is 2.69. The van der Waals surface area contributed by atoms with Crippen molar-refractivity contribution in [2.45, 2.75) is 115 Å². The van der Waals surface area contributed by atoms with Crippen LogP contribution in [0, 0.1) is 46.3 Å².